The van der Waals surface area contributed by atoms with Crippen LogP contribution in [-0.2, 0) is 0 Å². The molecule has 2 heterocycles. The van der Waals surface area contributed by atoms with E-state index in [9.17, 15) is 14.9 Å². The second kappa shape index (κ2) is 13.1. The number of rotatable bonds is 12. The van der Waals surface area contributed by atoms with Crippen molar-refractivity contribution in [2.75, 3.05) is 26.9 Å². The van der Waals surface area contributed by atoms with E-state index in [4.69, 9.17) is 18.9 Å². The summed E-state index contributed by atoms with van der Waals surface area (Å²) in [6.45, 7) is 7.53. The molecule has 0 bridgehead atoms. The van der Waals surface area contributed by atoms with Crippen LogP contribution < -0.4 is 18.9 Å². The second-order valence-corrected chi connectivity index (χ2v) is 10.9. The molecule has 0 aliphatic carbocycles. The van der Waals surface area contributed by atoms with E-state index in [1.165, 1.54) is 6.07 Å². The number of unbranched alkanes of at least 4 members (excludes halogenated alkanes) is 2. The zero-order chi connectivity index (χ0) is 30.5. The lowest BCUT2D eigenvalue weighted by Gasteiger charge is -2.20. The third-order valence-corrected chi connectivity index (χ3v) is 7.95. The molecule has 2 aliphatic rings. The largest absolute Gasteiger partial charge is 0.496 e. The number of nitro benzene ring substituents is 1. The van der Waals surface area contributed by atoms with Gasteiger partial charge in [-0.15, -0.1) is 0 Å². The predicted molar refractivity (Wildman–Crippen MR) is 164 cm³/mol. The van der Waals surface area contributed by atoms with Crippen LogP contribution in [0.5, 0.6) is 28.7 Å². The lowest BCUT2D eigenvalue weighted by molar-refractivity contribution is -0.385. The summed E-state index contributed by atoms with van der Waals surface area (Å²) < 4.78 is 23.1. The van der Waals surface area contributed by atoms with Crippen LogP contribution in [0.15, 0.2) is 47.5 Å². The minimum absolute atomic E-state index is 0.0409. The van der Waals surface area contributed by atoms with Gasteiger partial charge in [0.15, 0.2) is 0 Å². The quantitative estimate of drug-likeness (QED) is 0.124. The van der Waals surface area contributed by atoms with E-state index < -0.39 is 4.92 Å². The summed E-state index contributed by atoms with van der Waals surface area (Å²) in [5.41, 5.74) is 3.97. The molecule has 0 spiro atoms. The van der Waals surface area contributed by atoms with Crippen molar-refractivity contribution in [1.82, 2.24) is 4.90 Å². The molecular formula is C33H37N3O7. The number of fused-ring (bicyclic) bond motifs is 2. The van der Waals surface area contributed by atoms with Gasteiger partial charge in [-0.1, -0.05) is 0 Å². The van der Waals surface area contributed by atoms with E-state index in [2.05, 4.69) is 4.99 Å². The van der Waals surface area contributed by atoms with Gasteiger partial charge >= 0.3 is 5.69 Å². The summed E-state index contributed by atoms with van der Waals surface area (Å²) in [5.74, 6) is 2.42. The number of hydrogen-bond donors (Lipinski definition) is 0. The number of methoxy groups -OCH3 is 1. The molecule has 1 saturated heterocycles. The van der Waals surface area contributed by atoms with Crippen molar-refractivity contribution in [3.05, 3.63) is 74.8 Å². The number of ether oxygens (including phenoxy) is 4. The number of hydrogen-bond acceptors (Lipinski definition) is 8. The van der Waals surface area contributed by atoms with Gasteiger partial charge < -0.3 is 23.8 Å². The van der Waals surface area contributed by atoms with Crippen molar-refractivity contribution in [1.29, 1.82) is 0 Å². The van der Waals surface area contributed by atoms with E-state index >= 15 is 0 Å². The molecule has 0 N–H and O–H groups in total. The Hall–Kier alpha value is -4.60. The molecule has 226 valence electrons. The van der Waals surface area contributed by atoms with Gasteiger partial charge in [-0.25, -0.2) is 0 Å². The molecule has 3 aromatic rings. The third kappa shape index (κ3) is 6.74. The number of nitrogens with zero attached hydrogens (tertiary/aromatic N) is 3. The van der Waals surface area contributed by atoms with Gasteiger partial charge in [-0.3, -0.25) is 19.9 Å². The summed E-state index contributed by atoms with van der Waals surface area (Å²) >= 11 is 0. The molecule has 43 heavy (non-hydrogen) atoms. The van der Waals surface area contributed by atoms with Gasteiger partial charge in [0.25, 0.3) is 5.91 Å². The predicted octanol–water partition coefficient (Wildman–Crippen LogP) is 7.27. The highest BCUT2D eigenvalue weighted by molar-refractivity contribution is 6.03. The number of aliphatic imine (C=N–C) groups is 1. The smallest absolute Gasteiger partial charge is 0.315 e. The summed E-state index contributed by atoms with van der Waals surface area (Å²) in [6, 6.07) is 12.0. The van der Waals surface area contributed by atoms with E-state index in [0.29, 0.717) is 41.7 Å². The molecule has 1 atom stereocenters. The fourth-order valence-corrected chi connectivity index (χ4v) is 5.39. The fourth-order valence-electron chi connectivity index (χ4n) is 5.39. The number of amides is 1. The SMILES string of the molecule is COc1cc(Oc2ccc(OCCCCCOc3cc4c(cc3C)C(=O)N3CCC[C@H]3C=N4)cc2[N+](=O)[O-])cc(C)c1C. The van der Waals surface area contributed by atoms with E-state index in [1.54, 1.807) is 25.3 Å². The maximum absolute atomic E-state index is 13.0. The van der Waals surface area contributed by atoms with Gasteiger partial charge in [0.05, 0.1) is 48.6 Å². The van der Waals surface area contributed by atoms with Gasteiger partial charge in [-0.05, 0) is 93.8 Å². The highest BCUT2D eigenvalue weighted by Crippen LogP contribution is 2.37. The Bertz CT molecular complexity index is 1550. The third-order valence-electron chi connectivity index (χ3n) is 7.95. The molecule has 3 aromatic carbocycles. The van der Waals surface area contributed by atoms with Crippen LogP contribution in [0.1, 0.15) is 59.2 Å². The van der Waals surface area contributed by atoms with Crippen molar-refractivity contribution in [3.63, 3.8) is 0 Å². The highest BCUT2D eigenvalue weighted by atomic mass is 16.6. The lowest BCUT2D eigenvalue weighted by atomic mass is 10.1. The first-order valence-corrected chi connectivity index (χ1v) is 14.6. The first-order valence-electron chi connectivity index (χ1n) is 14.6. The zero-order valence-corrected chi connectivity index (χ0v) is 25.1. The molecular weight excluding hydrogens is 550 g/mol. The monoisotopic (exact) mass is 587 g/mol. The molecule has 10 heteroatoms. The van der Waals surface area contributed by atoms with Crippen LogP contribution in [0.3, 0.4) is 0 Å². The Balaban J connectivity index is 1.10. The maximum Gasteiger partial charge on any atom is 0.315 e. The minimum atomic E-state index is -0.479. The molecule has 2 aliphatic heterocycles. The Kier molecular flexibility index (Phi) is 9.13. The Labute approximate surface area is 251 Å². The second-order valence-electron chi connectivity index (χ2n) is 10.9. The molecule has 1 amide bonds. The maximum atomic E-state index is 13.0. The number of carbonyl (C=O) groups excluding carboxylic acids is 1. The molecule has 0 radical (unpaired) electrons. The topological polar surface area (TPSA) is 113 Å². The van der Waals surface area contributed by atoms with Gasteiger partial charge in [-0.2, -0.15) is 0 Å². The molecule has 10 nitrogen and oxygen atoms in total. The van der Waals surface area contributed by atoms with Crippen LogP contribution in [-0.4, -0.2) is 54.9 Å². The van der Waals surface area contributed by atoms with E-state index in [1.807, 2.05) is 50.1 Å². The first-order chi connectivity index (χ1) is 20.7. The standard InChI is InChI=1S/C33H37N3O7/c1-21-15-26(18-32(40-4)23(21)3)43-30-11-10-25(17-29(30)36(38)39)41-13-6-5-7-14-42-31-19-28-27(16-22(31)2)33(37)35-12-8-9-24(35)20-34-28/h10-11,15-20,24H,5-9,12-14H2,1-4H3/t24-/m0/s1. The summed E-state index contributed by atoms with van der Waals surface area (Å²) in [6.07, 6.45) is 6.27. The summed E-state index contributed by atoms with van der Waals surface area (Å²) in [4.78, 5) is 30.8. The van der Waals surface area contributed by atoms with Crippen molar-refractivity contribution >= 4 is 23.5 Å². The Morgan fingerprint density at radius 1 is 0.930 bits per heavy atom. The number of aryl methyl sites for hydroxylation is 2. The van der Waals surface area contributed by atoms with Crippen molar-refractivity contribution in [2.45, 2.75) is 58.9 Å². The summed E-state index contributed by atoms with van der Waals surface area (Å²) in [7, 11) is 1.58. The Morgan fingerprint density at radius 2 is 1.72 bits per heavy atom. The normalized spacial score (nSPS) is 15.5. The van der Waals surface area contributed by atoms with Gasteiger partial charge in [0.2, 0.25) is 5.75 Å². The van der Waals surface area contributed by atoms with E-state index in [-0.39, 0.29) is 23.4 Å². The minimum Gasteiger partial charge on any atom is -0.496 e. The molecule has 0 aromatic heterocycles. The number of nitro groups is 1. The van der Waals surface area contributed by atoms with E-state index in [0.717, 1.165) is 61.1 Å². The average molecular weight is 588 g/mol. The first kappa shape index (κ1) is 29.9. The van der Waals surface area contributed by atoms with Crippen molar-refractivity contribution in [2.24, 2.45) is 4.99 Å². The molecule has 1 fully saturated rings. The zero-order valence-electron chi connectivity index (χ0n) is 25.1. The molecule has 0 saturated carbocycles. The van der Waals surface area contributed by atoms with Gasteiger partial charge in [0, 0.05) is 24.9 Å². The van der Waals surface area contributed by atoms with Crippen LogP contribution in [0.4, 0.5) is 11.4 Å². The highest BCUT2D eigenvalue weighted by Gasteiger charge is 2.32. The average Bonchev–Trinajstić information content (AvgIpc) is 3.42. The van der Waals surface area contributed by atoms with Crippen LogP contribution in [0.25, 0.3) is 0 Å². The number of benzene rings is 3. The van der Waals surface area contributed by atoms with Crippen LogP contribution >= 0.6 is 0 Å². The molecule has 0 unspecified atom stereocenters. The molecule has 5 rings (SSSR count). The van der Waals surface area contributed by atoms with Crippen LogP contribution in [0, 0.1) is 30.9 Å². The fraction of sp³-hybridized carbons (Fsp3) is 0.394. The van der Waals surface area contributed by atoms with Crippen molar-refractivity contribution in [3.8, 4) is 28.7 Å². The Morgan fingerprint density at radius 3 is 2.49 bits per heavy atom. The van der Waals surface area contributed by atoms with Crippen molar-refractivity contribution < 1.29 is 28.7 Å². The van der Waals surface area contributed by atoms with Crippen LogP contribution in [0.2, 0.25) is 0 Å². The number of carbonyl (C=O) groups is 1. The lowest BCUT2D eigenvalue weighted by Crippen LogP contribution is -2.35. The van der Waals surface area contributed by atoms with Gasteiger partial charge in [0.1, 0.15) is 23.0 Å². The summed E-state index contributed by atoms with van der Waals surface area (Å²) in [5, 5.41) is 11.8.